The van der Waals surface area contributed by atoms with E-state index in [4.69, 9.17) is 21.7 Å². The van der Waals surface area contributed by atoms with Gasteiger partial charge in [0.25, 0.3) is 5.56 Å². The molecule has 0 atom stereocenters. The van der Waals surface area contributed by atoms with E-state index in [2.05, 4.69) is 0 Å². The molecular formula is C18H13NO3S2. The lowest BCUT2D eigenvalue weighted by Gasteiger charge is -2.10. The first-order chi connectivity index (χ1) is 11.6. The molecule has 0 bridgehead atoms. The van der Waals surface area contributed by atoms with Gasteiger partial charge in [-0.2, -0.15) is 0 Å². The summed E-state index contributed by atoms with van der Waals surface area (Å²) in [6, 6.07) is 15.0. The van der Waals surface area contributed by atoms with Gasteiger partial charge in [0.15, 0.2) is 15.5 Å². The summed E-state index contributed by atoms with van der Waals surface area (Å²) in [4.78, 5) is 13.5. The molecule has 0 fully saturated rings. The maximum atomic E-state index is 12.7. The fraction of sp³-hybridized carbons (Fsp3) is 0.111. The summed E-state index contributed by atoms with van der Waals surface area (Å²) in [7, 11) is 0. The lowest BCUT2D eigenvalue weighted by molar-refractivity contribution is 0.174. The summed E-state index contributed by atoms with van der Waals surface area (Å²) >= 11 is 6.90. The molecule has 120 valence electrons. The minimum atomic E-state index is -0.138. The smallest absolute Gasteiger partial charge is 0.258 e. The summed E-state index contributed by atoms with van der Waals surface area (Å²) in [5.74, 6) is 1.41. The normalized spacial score (nSPS) is 12.4. The fourth-order valence-electron chi connectivity index (χ4n) is 2.66. The maximum absolute atomic E-state index is 12.7. The summed E-state index contributed by atoms with van der Waals surface area (Å²) in [6.07, 6.45) is 0. The molecule has 24 heavy (non-hydrogen) atoms. The van der Waals surface area contributed by atoms with Gasteiger partial charge in [0, 0.05) is 10.9 Å². The monoisotopic (exact) mass is 355 g/mol. The molecule has 1 aliphatic rings. The molecule has 3 aromatic rings. The van der Waals surface area contributed by atoms with E-state index in [0.717, 1.165) is 27.4 Å². The Labute approximate surface area is 147 Å². The van der Waals surface area contributed by atoms with Crippen molar-refractivity contribution in [2.75, 3.05) is 6.79 Å². The van der Waals surface area contributed by atoms with Crippen LogP contribution < -0.4 is 15.0 Å². The molecule has 4 nitrogen and oxygen atoms in total. The van der Waals surface area contributed by atoms with Gasteiger partial charge in [-0.05, 0) is 54.5 Å². The van der Waals surface area contributed by atoms with Crippen LogP contribution in [-0.4, -0.2) is 11.4 Å². The number of aromatic nitrogens is 1. The van der Waals surface area contributed by atoms with E-state index in [-0.39, 0.29) is 12.4 Å². The first kappa shape index (κ1) is 15.1. The molecule has 0 radical (unpaired) electrons. The Morgan fingerprint density at radius 2 is 1.88 bits per heavy atom. The Hall–Kier alpha value is -2.44. The van der Waals surface area contributed by atoms with Crippen molar-refractivity contribution in [1.82, 2.24) is 4.57 Å². The van der Waals surface area contributed by atoms with E-state index >= 15 is 0 Å². The number of hydrogen-bond donors (Lipinski definition) is 0. The molecule has 0 unspecified atom stereocenters. The first-order valence-corrected chi connectivity index (χ1v) is 8.59. The molecule has 0 amide bonds. The van der Waals surface area contributed by atoms with Gasteiger partial charge in [-0.1, -0.05) is 18.2 Å². The van der Waals surface area contributed by atoms with Crippen LogP contribution in [0.15, 0.2) is 53.3 Å². The summed E-state index contributed by atoms with van der Waals surface area (Å²) in [6.45, 7) is 2.19. The number of hydrogen-bond acceptors (Lipinski definition) is 5. The van der Waals surface area contributed by atoms with Crippen molar-refractivity contribution in [2.45, 2.75) is 6.92 Å². The van der Waals surface area contributed by atoms with Gasteiger partial charge >= 0.3 is 0 Å². The molecule has 1 aromatic heterocycles. The minimum absolute atomic E-state index is 0.138. The quantitative estimate of drug-likeness (QED) is 0.642. The number of nitrogens with zero attached hydrogens (tertiary/aromatic N) is 1. The Morgan fingerprint density at radius 1 is 1.08 bits per heavy atom. The average Bonchev–Trinajstić information content (AvgIpc) is 3.03. The van der Waals surface area contributed by atoms with Crippen LogP contribution in [0.25, 0.3) is 16.1 Å². The van der Waals surface area contributed by atoms with Crippen molar-refractivity contribution in [2.24, 2.45) is 0 Å². The molecule has 0 spiro atoms. The number of benzene rings is 2. The number of aryl methyl sites for hydroxylation is 1. The van der Waals surface area contributed by atoms with Crippen LogP contribution in [0, 0.1) is 10.9 Å². The highest BCUT2D eigenvalue weighted by molar-refractivity contribution is 7.73. The Morgan fingerprint density at radius 3 is 2.67 bits per heavy atom. The van der Waals surface area contributed by atoms with Gasteiger partial charge in [-0.15, -0.1) is 11.3 Å². The summed E-state index contributed by atoms with van der Waals surface area (Å²) in [5.41, 5.74) is 2.58. The predicted octanol–water partition coefficient (Wildman–Crippen LogP) is 4.33. The van der Waals surface area contributed by atoms with E-state index in [1.165, 1.54) is 11.3 Å². The largest absolute Gasteiger partial charge is 0.454 e. The lowest BCUT2D eigenvalue weighted by atomic mass is 10.1. The topological polar surface area (TPSA) is 40.5 Å². The molecule has 0 N–H and O–H groups in total. The lowest BCUT2D eigenvalue weighted by Crippen LogP contribution is -2.18. The zero-order chi connectivity index (χ0) is 16.7. The number of fused-ring (bicyclic) bond motifs is 1. The predicted molar refractivity (Wildman–Crippen MR) is 97.0 cm³/mol. The van der Waals surface area contributed by atoms with E-state index in [0.29, 0.717) is 9.70 Å². The molecule has 4 rings (SSSR count). The van der Waals surface area contributed by atoms with E-state index in [1.807, 2.05) is 49.4 Å². The van der Waals surface area contributed by atoms with Gasteiger partial charge in [0.05, 0.1) is 5.69 Å². The van der Waals surface area contributed by atoms with Crippen molar-refractivity contribution in [3.8, 4) is 27.6 Å². The van der Waals surface area contributed by atoms with Crippen LogP contribution in [0.4, 0.5) is 0 Å². The third-order valence-electron chi connectivity index (χ3n) is 3.87. The van der Waals surface area contributed by atoms with Gasteiger partial charge in [-0.3, -0.25) is 9.36 Å². The molecule has 2 aromatic carbocycles. The van der Waals surface area contributed by atoms with Gasteiger partial charge < -0.3 is 9.47 Å². The zero-order valence-electron chi connectivity index (χ0n) is 12.8. The van der Waals surface area contributed by atoms with Gasteiger partial charge in [0.2, 0.25) is 6.79 Å². The summed E-state index contributed by atoms with van der Waals surface area (Å²) < 4.78 is 12.8. The Kier molecular flexibility index (Phi) is 3.70. The first-order valence-electron chi connectivity index (χ1n) is 7.37. The highest BCUT2D eigenvalue weighted by Gasteiger charge is 2.15. The maximum Gasteiger partial charge on any atom is 0.258 e. The minimum Gasteiger partial charge on any atom is -0.454 e. The number of ether oxygens (including phenoxy) is 2. The second kappa shape index (κ2) is 5.89. The van der Waals surface area contributed by atoms with Gasteiger partial charge in [0.1, 0.15) is 0 Å². The van der Waals surface area contributed by atoms with Crippen molar-refractivity contribution >= 4 is 23.6 Å². The third-order valence-corrected chi connectivity index (χ3v) is 5.23. The highest BCUT2D eigenvalue weighted by Crippen LogP contribution is 2.36. The van der Waals surface area contributed by atoms with Crippen LogP contribution in [-0.2, 0) is 0 Å². The van der Waals surface area contributed by atoms with Crippen molar-refractivity contribution in [1.29, 1.82) is 0 Å². The molecule has 1 aliphatic heterocycles. The second-order valence-electron chi connectivity index (χ2n) is 5.40. The average molecular weight is 355 g/mol. The van der Waals surface area contributed by atoms with Crippen molar-refractivity contribution in [3.63, 3.8) is 0 Å². The Balaban J connectivity index is 1.85. The highest BCUT2D eigenvalue weighted by atomic mass is 32.1. The van der Waals surface area contributed by atoms with E-state index in [1.54, 1.807) is 10.6 Å². The SMILES string of the molecule is Cc1ccccc1-n1c(=O)cc(-c2ccc3c(c2)OCO3)sc1=S. The van der Waals surface area contributed by atoms with Crippen LogP contribution >= 0.6 is 23.6 Å². The standard InChI is InChI=1S/C18H13NO3S2/c1-11-4-2-3-5-13(11)19-17(20)9-16(24-18(19)23)12-6-7-14-15(8-12)22-10-21-14/h2-9H,10H2,1H3. The number of rotatable bonds is 2. The zero-order valence-corrected chi connectivity index (χ0v) is 14.4. The van der Waals surface area contributed by atoms with Crippen molar-refractivity contribution < 1.29 is 9.47 Å². The second-order valence-corrected chi connectivity index (χ2v) is 7.08. The van der Waals surface area contributed by atoms with Crippen LogP contribution in [0.1, 0.15) is 5.56 Å². The number of para-hydroxylation sites is 1. The van der Waals surface area contributed by atoms with Gasteiger partial charge in [-0.25, -0.2) is 0 Å². The Bertz CT molecular complexity index is 1020. The summed E-state index contributed by atoms with van der Waals surface area (Å²) in [5, 5.41) is 0. The molecule has 0 aliphatic carbocycles. The molecule has 6 heteroatoms. The van der Waals surface area contributed by atoms with E-state index < -0.39 is 0 Å². The fourth-order valence-corrected chi connectivity index (χ4v) is 3.99. The van der Waals surface area contributed by atoms with Crippen LogP contribution in [0.2, 0.25) is 0 Å². The molecule has 0 saturated carbocycles. The van der Waals surface area contributed by atoms with Crippen LogP contribution in [0.5, 0.6) is 11.5 Å². The van der Waals surface area contributed by atoms with E-state index in [9.17, 15) is 4.79 Å². The molecular weight excluding hydrogens is 342 g/mol. The third kappa shape index (κ3) is 2.53. The van der Waals surface area contributed by atoms with Crippen LogP contribution in [0.3, 0.4) is 0 Å². The van der Waals surface area contributed by atoms with Crippen molar-refractivity contribution in [3.05, 3.63) is 68.4 Å². The molecule has 0 saturated heterocycles. The molecule has 2 heterocycles.